The number of aryl methyl sites for hydroxylation is 17. The number of pyridine rings is 5. The maximum Gasteiger partial charge on any atom is 0.233 e. The quantitative estimate of drug-likeness (QED) is 0.138. The summed E-state index contributed by atoms with van der Waals surface area (Å²) >= 11 is 3.45. The monoisotopic (exact) mass is 1700 g/mol. The number of fused-ring (bicyclic) bond motifs is 9. The smallest absolute Gasteiger partial charge is 0.233 e. The Kier molecular flexibility index (Phi) is 62.6. The van der Waals surface area contributed by atoms with E-state index in [0.29, 0.717) is 11.5 Å². The molecule has 0 radical (unpaired) electrons. The summed E-state index contributed by atoms with van der Waals surface area (Å²) in [4.78, 5) is 54.9. The molecule has 20 nitrogen and oxygen atoms in total. The second kappa shape index (κ2) is 66.5. The molecule has 0 atom stereocenters. The summed E-state index contributed by atoms with van der Waals surface area (Å²) in [6.07, 6.45) is 20.8. The molecule has 0 amide bonds. The van der Waals surface area contributed by atoms with Crippen molar-refractivity contribution < 1.29 is 8.83 Å². The molecule has 18 aromatic rings. The molecule has 0 saturated heterocycles. The molecule has 0 spiro atoms. The molecular weight excluding hydrogens is 1550 g/mol. The summed E-state index contributed by atoms with van der Waals surface area (Å²) < 4.78 is 23.1. The van der Waals surface area contributed by atoms with Crippen molar-refractivity contribution in [2.24, 2.45) is 14.1 Å². The summed E-state index contributed by atoms with van der Waals surface area (Å²) in [5.74, 6) is 4.22. The number of oxazole rings is 2. The van der Waals surface area contributed by atoms with Crippen LogP contribution in [0.5, 0.6) is 0 Å². The van der Waals surface area contributed by atoms with E-state index >= 15 is 0 Å². The Morgan fingerprint density at radius 1 is 0.287 bits per heavy atom. The van der Waals surface area contributed by atoms with Gasteiger partial charge in [0.25, 0.3) is 0 Å². The van der Waals surface area contributed by atoms with Crippen molar-refractivity contribution in [3.63, 3.8) is 0 Å². The maximum absolute atomic E-state index is 5.34. The predicted molar refractivity (Wildman–Crippen MR) is 533 cm³/mol. The number of hydrogen-bond donors (Lipinski definition) is 0. The third-order valence-corrected chi connectivity index (χ3v) is 17.0. The van der Waals surface area contributed by atoms with E-state index in [1.807, 2.05) is 360 Å². The fraction of sp³-hybridized carbons (Fsp3) is 0.410. The molecule has 0 aliphatic carbocycles. The zero-order valence-corrected chi connectivity index (χ0v) is 84.1. The topological polar surface area (TPSA) is 217 Å². The molecule has 0 saturated carbocycles. The minimum absolute atomic E-state index is 0.665. The van der Waals surface area contributed by atoms with Gasteiger partial charge in [-0.25, -0.2) is 59.8 Å². The third-order valence-electron chi connectivity index (χ3n) is 15.1. The molecule has 0 aliphatic heterocycles. The van der Waals surface area contributed by atoms with Gasteiger partial charge in [0.05, 0.1) is 36.0 Å². The van der Waals surface area contributed by atoms with Gasteiger partial charge in [-0.3, -0.25) is 4.40 Å². The fourth-order valence-electron chi connectivity index (χ4n) is 9.98. The standard InChI is InChI=1S/C10H12N2.C9H11N3.C9H9NO.C9H9NS.C8H8N2O.C8H8N2S.2C8H8N2.C7H7N3.12C2H6/c1-7-4-5-10-9(6-7)11-8(2)12(10)3;1-6-4-5-8-9(10-6)12(3)7(2)11-8;2*1-6-3-4-8-9(5-6)11-7(2)10-8;2*1-5-3-7-8(9-4-5)10-6(2)11-7;1-7-2-4-10-5-3-9-8(10)6-7;1-7-2-3-8-9-4-5-10(8)6-7;1-6-2-4-10-5-3-8-7(10)9-6;12*1-2/h4-6H,1-3H3;4-5H,1-3H3;2*3-5H,1-2H3;2*3-4H,1-2H3;2*2-6H,1H3;2-5H,1H3;12*1-2H3. The van der Waals surface area contributed by atoms with Gasteiger partial charge in [0.2, 0.25) is 5.78 Å². The summed E-state index contributed by atoms with van der Waals surface area (Å²) in [6.45, 7) is 78.0. The highest BCUT2D eigenvalue weighted by molar-refractivity contribution is 7.18. The summed E-state index contributed by atoms with van der Waals surface area (Å²) in [6, 6.07) is 36.9. The van der Waals surface area contributed by atoms with Crippen LogP contribution in [0.15, 0.2) is 186 Å². The van der Waals surface area contributed by atoms with Gasteiger partial charge in [0.15, 0.2) is 39.9 Å². The lowest BCUT2D eigenvalue weighted by Crippen LogP contribution is -1.92. The first-order valence-electron chi connectivity index (χ1n) is 43.8. The Balaban J connectivity index is -0.00000127. The van der Waals surface area contributed by atoms with E-state index < -0.39 is 0 Å². The number of aromatic nitrogens is 18. The van der Waals surface area contributed by atoms with E-state index in [0.717, 1.165) is 106 Å². The van der Waals surface area contributed by atoms with Crippen LogP contribution >= 0.6 is 22.7 Å². The van der Waals surface area contributed by atoms with Crippen LogP contribution in [0.3, 0.4) is 0 Å². The second-order valence-electron chi connectivity index (χ2n) is 23.8. The van der Waals surface area contributed by atoms with Gasteiger partial charge in [0, 0.05) is 107 Å². The first-order valence-corrected chi connectivity index (χ1v) is 45.4. The first-order chi connectivity index (χ1) is 59.0. The van der Waals surface area contributed by atoms with Crippen molar-refractivity contribution >= 4 is 105 Å². The molecule has 3 aromatic carbocycles. The lowest BCUT2D eigenvalue weighted by atomic mass is 10.2. The van der Waals surface area contributed by atoms with Gasteiger partial charge in [-0.05, 0) is 214 Å². The molecule has 0 bridgehead atoms. The van der Waals surface area contributed by atoms with E-state index in [4.69, 9.17) is 8.83 Å². The largest absolute Gasteiger partial charge is 0.441 e. The summed E-state index contributed by atoms with van der Waals surface area (Å²) in [7, 11) is 4.02. The Hall–Kier alpha value is -11.2. The minimum atomic E-state index is 0.665. The maximum atomic E-state index is 5.34. The molecular formula is C100H152N18O2S2. The van der Waals surface area contributed by atoms with Gasteiger partial charge < -0.3 is 26.8 Å². The van der Waals surface area contributed by atoms with Crippen molar-refractivity contribution in [1.29, 1.82) is 0 Å². The van der Waals surface area contributed by atoms with Crippen molar-refractivity contribution in [2.75, 3.05) is 0 Å². The molecule has 666 valence electrons. The molecule has 0 unspecified atom stereocenters. The molecule has 15 aromatic heterocycles. The van der Waals surface area contributed by atoms with Crippen LogP contribution in [0.4, 0.5) is 0 Å². The highest BCUT2D eigenvalue weighted by Gasteiger charge is 2.07. The third kappa shape index (κ3) is 39.1. The summed E-state index contributed by atoms with van der Waals surface area (Å²) in [5.41, 5.74) is 22.1. The predicted octanol–water partition coefficient (Wildman–Crippen LogP) is 29.9. The van der Waals surface area contributed by atoms with Crippen LogP contribution in [-0.2, 0) is 14.1 Å². The van der Waals surface area contributed by atoms with Crippen molar-refractivity contribution in [3.05, 3.63) is 261 Å². The van der Waals surface area contributed by atoms with Gasteiger partial charge in [-0.2, -0.15) is 4.98 Å². The van der Waals surface area contributed by atoms with E-state index in [1.165, 1.54) is 48.3 Å². The average Bonchev–Trinajstić information content (AvgIpc) is 1.66. The zero-order valence-electron chi connectivity index (χ0n) is 82.4. The first kappa shape index (κ1) is 115. The highest BCUT2D eigenvalue weighted by Crippen LogP contribution is 2.24. The van der Waals surface area contributed by atoms with Gasteiger partial charge >= 0.3 is 0 Å². The Morgan fingerprint density at radius 2 is 0.738 bits per heavy atom. The molecule has 15 heterocycles. The molecule has 18 rings (SSSR count). The van der Waals surface area contributed by atoms with Crippen molar-refractivity contribution in [2.45, 2.75) is 270 Å². The van der Waals surface area contributed by atoms with Crippen LogP contribution in [0.1, 0.15) is 250 Å². The second-order valence-corrected chi connectivity index (χ2v) is 26.2. The normalized spacial score (nSPS) is 9.19. The van der Waals surface area contributed by atoms with E-state index in [9.17, 15) is 0 Å². The summed E-state index contributed by atoms with van der Waals surface area (Å²) in [5, 5.41) is 2.23. The van der Waals surface area contributed by atoms with Crippen LogP contribution in [-0.4, -0.2) is 87.1 Å². The molecule has 0 N–H and O–H groups in total. The molecule has 0 fully saturated rings. The zero-order chi connectivity index (χ0) is 93.7. The fourth-order valence-corrected chi connectivity index (χ4v) is 11.8. The molecule has 122 heavy (non-hydrogen) atoms. The van der Waals surface area contributed by atoms with Crippen LogP contribution in [0, 0.1) is 104 Å². The minimum Gasteiger partial charge on any atom is -0.441 e. The number of thiazole rings is 2. The highest BCUT2D eigenvalue weighted by atomic mass is 32.1. The van der Waals surface area contributed by atoms with Crippen LogP contribution < -0.4 is 0 Å². The van der Waals surface area contributed by atoms with E-state index in [-0.39, 0.29) is 0 Å². The Morgan fingerprint density at radius 3 is 1.38 bits per heavy atom. The van der Waals surface area contributed by atoms with Crippen molar-refractivity contribution in [1.82, 2.24) is 87.1 Å². The number of hydrogen-bond acceptors (Lipinski definition) is 17. The Bertz CT molecular complexity index is 5210. The van der Waals surface area contributed by atoms with Gasteiger partial charge in [0.1, 0.15) is 34.0 Å². The number of rotatable bonds is 0. The van der Waals surface area contributed by atoms with E-state index in [1.54, 1.807) is 47.5 Å². The van der Waals surface area contributed by atoms with E-state index in [2.05, 4.69) is 164 Å². The van der Waals surface area contributed by atoms with Gasteiger partial charge in [-0.1, -0.05) is 190 Å². The van der Waals surface area contributed by atoms with Crippen LogP contribution in [0.2, 0.25) is 0 Å². The lowest BCUT2D eigenvalue weighted by Gasteiger charge is -1.95. The molecule has 0 aliphatic rings. The van der Waals surface area contributed by atoms with Crippen LogP contribution in [0.25, 0.3) is 82.2 Å². The number of imidazole rings is 5. The lowest BCUT2D eigenvalue weighted by molar-refractivity contribution is 0.560. The molecule has 22 heteroatoms. The SMILES string of the molecule is CC.CC.CC.CC.CC.CC.CC.CC.CC.CC.CC.CC.Cc1ccc2c(c1)nc(C)n2C.Cc1ccc2nc(C)n(C)c2n1.Cc1ccc2nc(C)oc2c1.Cc1ccc2nc(C)sc2c1.Cc1ccc2nccn2c1.Cc1ccn2ccnc2c1.Cc1ccn2ccnc2n1.Cc1cnc2nc(C)oc2c1.Cc1cnc2nc(C)sc2c1. The number of benzene rings is 3. The average molecular weight is 1700 g/mol. The van der Waals surface area contributed by atoms with Gasteiger partial charge in [-0.15, -0.1) is 22.7 Å². The Labute approximate surface area is 741 Å². The number of nitrogens with zero attached hydrogens (tertiary/aromatic N) is 18. The van der Waals surface area contributed by atoms with Crippen molar-refractivity contribution in [3.8, 4) is 0 Å².